The number of rotatable bonds is 7. The first-order valence-electron chi connectivity index (χ1n) is 7.88. The van der Waals surface area contributed by atoms with Crippen molar-refractivity contribution in [3.05, 3.63) is 29.8 Å². The normalized spacial score (nSPS) is 15.8. The van der Waals surface area contributed by atoms with Gasteiger partial charge in [-0.05, 0) is 31.9 Å². The number of nitrogens with zero attached hydrogens (tertiary/aromatic N) is 1. The average molecular weight is 307 g/mol. The van der Waals surface area contributed by atoms with Crippen LogP contribution in [0.25, 0.3) is 0 Å². The van der Waals surface area contributed by atoms with Crippen LogP contribution in [0.2, 0.25) is 0 Å². The van der Waals surface area contributed by atoms with Crippen molar-refractivity contribution in [2.75, 3.05) is 40.0 Å². The average Bonchev–Trinajstić information content (AvgIpc) is 2.58. The van der Waals surface area contributed by atoms with Crippen LogP contribution >= 0.6 is 0 Å². The summed E-state index contributed by atoms with van der Waals surface area (Å²) < 4.78 is 16.3. The lowest BCUT2D eigenvalue weighted by Crippen LogP contribution is -2.41. The van der Waals surface area contributed by atoms with Gasteiger partial charge in [0.2, 0.25) is 0 Å². The van der Waals surface area contributed by atoms with Gasteiger partial charge >= 0.3 is 0 Å². The minimum Gasteiger partial charge on any atom is -0.496 e. The molecule has 0 radical (unpaired) electrons. The van der Waals surface area contributed by atoms with Crippen molar-refractivity contribution in [2.24, 2.45) is 0 Å². The molecule has 0 atom stereocenters. The molecule has 0 N–H and O–H groups in total. The Morgan fingerprint density at radius 1 is 1.23 bits per heavy atom. The molecule has 0 aromatic heterocycles. The summed E-state index contributed by atoms with van der Waals surface area (Å²) in [4.78, 5) is 14.4. The first-order chi connectivity index (χ1) is 10.8. The molecule has 1 aromatic rings. The fourth-order valence-electron chi connectivity index (χ4n) is 2.64. The third-order valence-electron chi connectivity index (χ3n) is 3.85. The summed E-state index contributed by atoms with van der Waals surface area (Å²) in [6.07, 6.45) is 1.96. The number of piperidine rings is 1. The zero-order valence-corrected chi connectivity index (χ0v) is 13.4. The van der Waals surface area contributed by atoms with Crippen molar-refractivity contribution >= 4 is 5.91 Å². The van der Waals surface area contributed by atoms with E-state index in [0.29, 0.717) is 24.5 Å². The number of ether oxygens (including phenoxy) is 3. The number of hydrogen-bond acceptors (Lipinski definition) is 4. The van der Waals surface area contributed by atoms with Gasteiger partial charge in [-0.2, -0.15) is 0 Å². The lowest BCUT2D eigenvalue weighted by molar-refractivity contribution is -0.0183. The van der Waals surface area contributed by atoms with Crippen LogP contribution in [-0.2, 0) is 9.47 Å². The number of carbonyl (C=O) groups excluding carboxylic acids is 1. The van der Waals surface area contributed by atoms with Crippen molar-refractivity contribution in [3.63, 3.8) is 0 Å². The minimum atomic E-state index is 0.0326. The summed E-state index contributed by atoms with van der Waals surface area (Å²) in [7, 11) is 1.59. The zero-order valence-electron chi connectivity index (χ0n) is 13.4. The van der Waals surface area contributed by atoms with Crippen LogP contribution < -0.4 is 4.74 Å². The standard InChI is InChI=1S/C17H25NO4/c1-3-21-12-13-22-14-8-10-18(11-9-14)17(19)15-6-4-5-7-16(15)20-2/h4-7,14H,3,8-13H2,1-2H3. The molecule has 1 fully saturated rings. The lowest BCUT2D eigenvalue weighted by Gasteiger charge is -2.32. The molecule has 0 unspecified atom stereocenters. The molecule has 5 heteroatoms. The quantitative estimate of drug-likeness (QED) is 0.726. The molecule has 2 rings (SSSR count). The molecule has 1 aromatic carbocycles. The molecule has 1 aliphatic heterocycles. The van der Waals surface area contributed by atoms with Crippen LogP contribution in [0.5, 0.6) is 5.75 Å². The van der Waals surface area contributed by atoms with Gasteiger partial charge in [-0.25, -0.2) is 0 Å². The molecule has 5 nitrogen and oxygen atoms in total. The summed E-state index contributed by atoms with van der Waals surface area (Å²) in [5, 5.41) is 0. The van der Waals surface area contributed by atoms with Gasteiger partial charge < -0.3 is 19.1 Å². The second kappa shape index (κ2) is 8.76. The predicted molar refractivity (Wildman–Crippen MR) is 84.4 cm³/mol. The highest BCUT2D eigenvalue weighted by molar-refractivity contribution is 5.97. The molecule has 122 valence electrons. The fraction of sp³-hybridized carbons (Fsp3) is 0.588. The van der Waals surface area contributed by atoms with E-state index in [1.54, 1.807) is 7.11 Å². The summed E-state index contributed by atoms with van der Waals surface area (Å²) in [6, 6.07) is 7.36. The maximum absolute atomic E-state index is 12.6. The molecule has 22 heavy (non-hydrogen) atoms. The van der Waals surface area contributed by atoms with E-state index in [1.165, 1.54) is 0 Å². The number of carbonyl (C=O) groups is 1. The van der Waals surface area contributed by atoms with E-state index < -0.39 is 0 Å². The summed E-state index contributed by atoms with van der Waals surface area (Å²) >= 11 is 0. The number of methoxy groups -OCH3 is 1. The van der Waals surface area contributed by atoms with Crippen LogP contribution in [0, 0.1) is 0 Å². The van der Waals surface area contributed by atoms with E-state index in [-0.39, 0.29) is 12.0 Å². The highest BCUT2D eigenvalue weighted by Gasteiger charge is 2.25. The van der Waals surface area contributed by atoms with Crippen molar-refractivity contribution in [3.8, 4) is 5.75 Å². The molecular formula is C17H25NO4. The van der Waals surface area contributed by atoms with Crippen molar-refractivity contribution in [2.45, 2.75) is 25.9 Å². The Morgan fingerprint density at radius 3 is 2.64 bits per heavy atom. The SMILES string of the molecule is CCOCCOC1CCN(C(=O)c2ccccc2OC)CC1. The van der Waals surface area contributed by atoms with Crippen LogP contribution in [-0.4, -0.2) is 56.9 Å². The fourth-order valence-corrected chi connectivity index (χ4v) is 2.64. The molecule has 1 heterocycles. The maximum atomic E-state index is 12.6. The molecule has 0 spiro atoms. The third-order valence-corrected chi connectivity index (χ3v) is 3.85. The van der Waals surface area contributed by atoms with E-state index in [2.05, 4.69) is 0 Å². The van der Waals surface area contributed by atoms with Gasteiger partial charge in [0.15, 0.2) is 0 Å². The molecular weight excluding hydrogens is 282 g/mol. The Morgan fingerprint density at radius 2 is 1.95 bits per heavy atom. The van der Waals surface area contributed by atoms with Crippen LogP contribution in [0.3, 0.4) is 0 Å². The van der Waals surface area contributed by atoms with Gasteiger partial charge in [-0.15, -0.1) is 0 Å². The Labute approximate surface area is 132 Å². The summed E-state index contributed by atoms with van der Waals surface area (Å²) in [6.45, 7) is 5.39. The molecule has 0 aliphatic carbocycles. The summed E-state index contributed by atoms with van der Waals surface area (Å²) in [5.74, 6) is 0.660. The van der Waals surface area contributed by atoms with Gasteiger partial charge in [0.05, 0.1) is 32.0 Å². The second-order valence-electron chi connectivity index (χ2n) is 5.26. The van der Waals surface area contributed by atoms with Crippen LogP contribution in [0.15, 0.2) is 24.3 Å². The predicted octanol–water partition coefficient (Wildman–Crippen LogP) is 2.35. The zero-order chi connectivity index (χ0) is 15.8. The third kappa shape index (κ3) is 4.45. The number of para-hydroxylation sites is 1. The Balaban J connectivity index is 1.82. The number of benzene rings is 1. The highest BCUT2D eigenvalue weighted by Crippen LogP contribution is 2.22. The van der Waals surface area contributed by atoms with E-state index >= 15 is 0 Å². The monoisotopic (exact) mass is 307 g/mol. The minimum absolute atomic E-state index is 0.0326. The molecule has 1 aliphatic rings. The number of likely N-dealkylation sites (tertiary alicyclic amines) is 1. The van der Waals surface area contributed by atoms with Crippen LogP contribution in [0.4, 0.5) is 0 Å². The first-order valence-corrected chi connectivity index (χ1v) is 7.88. The van der Waals surface area contributed by atoms with Crippen molar-refractivity contribution < 1.29 is 19.0 Å². The number of hydrogen-bond donors (Lipinski definition) is 0. The maximum Gasteiger partial charge on any atom is 0.257 e. The molecule has 1 saturated heterocycles. The smallest absolute Gasteiger partial charge is 0.257 e. The Bertz CT molecular complexity index is 469. The topological polar surface area (TPSA) is 48.0 Å². The van der Waals surface area contributed by atoms with Gasteiger partial charge in [0.1, 0.15) is 5.75 Å². The van der Waals surface area contributed by atoms with E-state index in [0.717, 1.165) is 32.5 Å². The van der Waals surface area contributed by atoms with Gasteiger partial charge in [-0.3, -0.25) is 4.79 Å². The van der Waals surface area contributed by atoms with Gasteiger partial charge in [0, 0.05) is 19.7 Å². The summed E-state index contributed by atoms with van der Waals surface area (Å²) in [5.41, 5.74) is 0.626. The van der Waals surface area contributed by atoms with E-state index in [4.69, 9.17) is 14.2 Å². The van der Waals surface area contributed by atoms with Crippen molar-refractivity contribution in [1.29, 1.82) is 0 Å². The molecule has 1 amide bonds. The largest absolute Gasteiger partial charge is 0.496 e. The number of amides is 1. The van der Waals surface area contributed by atoms with E-state index in [9.17, 15) is 4.79 Å². The highest BCUT2D eigenvalue weighted by atomic mass is 16.5. The molecule has 0 bridgehead atoms. The Hall–Kier alpha value is -1.59. The van der Waals surface area contributed by atoms with Crippen molar-refractivity contribution in [1.82, 2.24) is 4.90 Å². The lowest BCUT2D eigenvalue weighted by atomic mass is 10.1. The van der Waals surface area contributed by atoms with Crippen LogP contribution in [0.1, 0.15) is 30.1 Å². The second-order valence-corrected chi connectivity index (χ2v) is 5.26. The van der Waals surface area contributed by atoms with Gasteiger partial charge in [0.25, 0.3) is 5.91 Å². The van der Waals surface area contributed by atoms with E-state index in [1.807, 2.05) is 36.1 Å². The van der Waals surface area contributed by atoms with Gasteiger partial charge in [-0.1, -0.05) is 12.1 Å². The molecule has 0 saturated carbocycles. The first kappa shape index (κ1) is 16.8. The Kier molecular flexibility index (Phi) is 6.68.